The summed E-state index contributed by atoms with van der Waals surface area (Å²) in [7, 11) is 0. The Morgan fingerprint density at radius 3 is 2.12 bits per heavy atom. The zero-order chi connectivity index (χ0) is 6.73. The predicted octanol–water partition coefficient (Wildman–Crippen LogP) is 1.28. The zero-order valence-corrected chi connectivity index (χ0v) is 5.14. The minimum Gasteiger partial charge on any atom is -0.481 e. The second-order valence-electron chi connectivity index (χ2n) is 1.91. The normalized spacial score (nSPS) is 12.8. The van der Waals surface area contributed by atoms with Gasteiger partial charge in [0, 0.05) is 0 Å². The van der Waals surface area contributed by atoms with Crippen LogP contribution in [-0.2, 0) is 4.79 Å². The molecule has 0 saturated carbocycles. The van der Waals surface area contributed by atoms with Crippen molar-refractivity contribution in [3.8, 4) is 0 Å². The summed E-state index contributed by atoms with van der Waals surface area (Å²) in [6, 6.07) is 0. The summed E-state index contributed by atoms with van der Waals surface area (Å²) in [5.74, 6) is -1.22. The molecule has 2 heteroatoms. The van der Waals surface area contributed by atoms with Gasteiger partial charge in [0.2, 0.25) is 0 Å². The first-order valence-corrected chi connectivity index (χ1v) is 2.44. The lowest BCUT2D eigenvalue weighted by Crippen LogP contribution is -2.09. The van der Waals surface area contributed by atoms with Crippen LogP contribution < -0.4 is 0 Å². The van der Waals surface area contributed by atoms with Crippen molar-refractivity contribution in [3.63, 3.8) is 0 Å². The van der Waals surface area contributed by atoms with E-state index in [0.29, 0.717) is 5.57 Å². The highest BCUT2D eigenvalue weighted by Gasteiger charge is 2.09. The maximum atomic E-state index is 10.1. The molecule has 0 radical (unpaired) electrons. The van der Waals surface area contributed by atoms with Gasteiger partial charge in [-0.15, -0.1) is 0 Å². The van der Waals surface area contributed by atoms with E-state index < -0.39 is 11.9 Å². The Bertz CT molecular complexity index is 102. The third kappa shape index (κ3) is 1.78. The highest BCUT2D eigenvalue weighted by atomic mass is 16.4. The lowest BCUT2D eigenvalue weighted by molar-refractivity contribution is -0.139. The molecule has 8 heavy (non-hydrogen) atoms. The summed E-state index contributed by atoms with van der Waals surface area (Å²) in [6.45, 7) is 6.82. The highest BCUT2D eigenvalue weighted by molar-refractivity contribution is 5.72. The molecule has 0 fully saturated rings. The Labute approximate surface area is 48.8 Å². The lowest BCUT2D eigenvalue weighted by Gasteiger charge is -2.01. The minimum absolute atomic E-state index is 0.407. The van der Waals surface area contributed by atoms with Crippen molar-refractivity contribution in [2.45, 2.75) is 13.8 Å². The first kappa shape index (κ1) is 7.21. The number of rotatable bonds is 2. The highest BCUT2D eigenvalue weighted by Crippen LogP contribution is 2.05. The van der Waals surface area contributed by atoms with Crippen LogP contribution in [0.25, 0.3) is 0 Å². The molecule has 0 aliphatic rings. The number of hydrogen-bond donors (Lipinski definition) is 1. The van der Waals surface area contributed by atoms with Gasteiger partial charge in [-0.2, -0.15) is 0 Å². The van der Waals surface area contributed by atoms with Crippen molar-refractivity contribution < 1.29 is 9.90 Å². The van der Waals surface area contributed by atoms with Gasteiger partial charge in [0.05, 0.1) is 5.92 Å². The molecule has 0 unspecified atom stereocenters. The van der Waals surface area contributed by atoms with E-state index in [1.54, 1.807) is 13.8 Å². The molecule has 0 saturated heterocycles. The fraction of sp³-hybridized carbons (Fsp3) is 0.500. The van der Waals surface area contributed by atoms with Crippen LogP contribution in [0.15, 0.2) is 12.2 Å². The molecule has 1 N–H and O–H groups in total. The SMILES string of the molecule is C=C(C)[C@@H](C)C(=O)O. The Morgan fingerprint density at radius 1 is 1.75 bits per heavy atom. The molecule has 0 aliphatic carbocycles. The molecule has 0 spiro atoms. The fourth-order valence-corrected chi connectivity index (χ4v) is 0.211. The molecule has 0 heterocycles. The largest absolute Gasteiger partial charge is 0.481 e. The van der Waals surface area contributed by atoms with Crippen molar-refractivity contribution in [2.75, 3.05) is 0 Å². The van der Waals surface area contributed by atoms with Gasteiger partial charge in [-0.1, -0.05) is 12.2 Å². The predicted molar refractivity (Wildman–Crippen MR) is 31.6 cm³/mol. The molecular formula is C6H10O2. The minimum atomic E-state index is -0.808. The number of carboxylic acid groups (broad SMARTS) is 1. The quantitative estimate of drug-likeness (QED) is 0.549. The van der Waals surface area contributed by atoms with E-state index in [1.807, 2.05) is 0 Å². The summed E-state index contributed by atoms with van der Waals surface area (Å²) in [4.78, 5) is 10.1. The van der Waals surface area contributed by atoms with Gasteiger partial charge < -0.3 is 5.11 Å². The van der Waals surface area contributed by atoms with E-state index in [0.717, 1.165) is 0 Å². The summed E-state index contributed by atoms with van der Waals surface area (Å²) in [5.41, 5.74) is 0.692. The van der Waals surface area contributed by atoms with Gasteiger partial charge in [-0.05, 0) is 13.8 Å². The zero-order valence-electron chi connectivity index (χ0n) is 5.14. The van der Waals surface area contributed by atoms with Crippen LogP contribution in [-0.4, -0.2) is 11.1 Å². The molecule has 0 bridgehead atoms. The van der Waals surface area contributed by atoms with Gasteiger partial charge in [-0.3, -0.25) is 4.79 Å². The molecule has 0 aliphatic heterocycles. The molecule has 1 atom stereocenters. The summed E-state index contributed by atoms with van der Waals surface area (Å²) in [6.07, 6.45) is 0. The van der Waals surface area contributed by atoms with Crippen LogP contribution >= 0.6 is 0 Å². The van der Waals surface area contributed by atoms with Crippen LogP contribution in [0.3, 0.4) is 0 Å². The topological polar surface area (TPSA) is 37.3 Å². The fourth-order valence-electron chi connectivity index (χ4n) is 0.211. The van der Waals surface area contributed by atoms with Crippen LogP contribution in [0.5, 0.6) is 0 Å². The van der Waals surface area contributed by atoms with Crippen LogP contribution in [0, 0.1) is 5.92 Å². The van der Waals surface area contributed by atoms with Gasteiger partial charge in [0.15, 0.2) is 0 Å². The van der Waals surface area contributed by atoms with Crippen LogP contribution in [0.4, 0.5) is 0 Å². The molecular weight excluding hydrogens is 104 g/mol. The standard InChI is InChI=1S/C6H10O2/c1-4(2)5(3)6(7)8/h5H,1H2,2-3H3,(H,7,8)/t5-/m1/s1. The van der Waals surface area contributed by atoms with Crippen molar-refractivity contribution in [1.82, 2.24) is 0 Å². The van der Waals surface area contributed by atoms with E-state index in [2.05, 4.69) is 6.58 Å². The van der Waals surface area contributed by atoms with Crippen LogP contribution in [0.2, 0.25) is 0 Å². The van der Waals surface area contributed by atoms with E-state index >= 15 is 0 Å². The van der Waals surface area contributed by atoms with Crippen molar-refractivity contribution >= 4 is 5.97 Å². The van der Waals surface area contributed by atoms with Crippen molar-refractivity contribution in [2.24, 2.45) is 5.92 Å². The number of hydrogen-bond acceptors (Lipinski definition) is 1. The van der Waals surface area contributed by atoms with Gasteiger partial charge in [0.1, 0.15) is 0 Å². The van der Waals surface area contributed by atoms with Gasteiger partial charge in [0.25, 0.3) is 0 Å². The Morgan fingerprint density at radius 2 is 2.12 bits per heavy atom. The number of carbonyl (C=O) groups is 1. The van der Waals surface area contributed by atoms with E-state index in [1.165, 1.54) is 0 Å². The van der Waals surface area contributed by atoms with E-state index in [-0.39, 0.29) is 0 Å². The van der Waals surface area contributed by atoms with Crippen molar-refractivity contribution in [3.05, 3.63) is 12.2 Å². The smallest absolute Gasteiger partial charge is 0.310 e. The summed E-state index contributed by atoms with van der Waals surface area (Å²) < 4.78 is 0. The monoisotopic (exact) mass is 114 g/mol. The molecule has 0 rings (SSSR count). The molecule has 2 nitrogen and oxygen atoms in total. The Kier molecular flexibility index (Phi) is 2.25. The van der Waals surface area contributed by atoms with Gasteiger partial charge >= 0.3 is 5.97 Å². The second-order valence-corrected chi connectivity index (χ2v) is 1.91. The Hall–Kier alpha value is -0.790. The maximum Gasteiger partial charge on any atom is 0.310 e. The maximum absolute atomic E-state index is 10.1. The third-order valence-corrected chi connectivity index (χ3v) is 1.11. The molecule has 0 aromatic heterocycles. The summed E-state index contributed by atoms with van der Waals surface area (Å²) in [5, 5.41) is 8.29. The lowest BCUT2D eigenvalue weighted by atomic mass is 10.1. The van der Waals surface area contributed by atoms with E-state index in [9.17, 15) is 4.79 Å². The first-order valence-electron chi connectivity index (χ1n) is 2.44. The molecule has 0 amide bonds. The van der Waals surface area contributed by atoms with Crippen LogP contribution in [0.1, 0.15) is 13.8 Å². The number of carboxylic acids is 1. The van der Waals surface area contributed by atoms with Crippen molar-refractivity contribution in [1.29, 1.82) is 0 Å². The second kappa shape index (κ2) is 2.50. The molecule has 0 aromatic rings. The Balaban J connectivity index is 3.83. The first-order chi connectivity index (χ1) is 3.55. The van der Waals surface area contributed by atoms with E-state index in [4.69, 9.17) is 5.11 Å². The average Bonchev–Trinajstić information content (AvgIpc) is 1.64. The number of aliphatic carboxylic acids is 1. The average molecular weight is 114 g/mol. The molecule has 0 aromatic carbocycles. The summed E-state index contributed by atoms with van der Waals surface area (Å²) >= 11 is 0. The van der Waals surface area contributed by atoms with Gasteiger partial charge in [-0.25, -0.2) is 0 Å². The third-order valence-electron chi connectivity index (χ3n) is 1.11. The molecule has 46 valence electrons.